The molecule has 7 heteroatoms. The Bertz CT molecular complexity index is 1490. The van der Waals surface area contributed by atoms with Gasteiger partial charge in [-0.25, -0.2) is 0 Å². The third-order valence-corrected chi connectivity index (χ3v) is 6.49. The Labute approximate surface area is 201 Å². The van der Waals surface area contributed by atoms with Crippen LogP contribution in [0, 0.1) is 6.92 Å². The summed E-state index contributed by atoms with van der Waals surface area (Å²) in [5, 5.41) is 12.5. The highest BCUT2D eigenvalue weighted by molar-refractivity contribution is 6.52. The Morgan fingerprint density at radius 1 is 1.06 bits per heavy atom. The number of aliphatic hydroxyl groups is 1. The van der Waals surface area contributed by atoms with Gasteiger partial charge >= 0.3 is 0 Å². The first-order valence-electron chi connectivity index (χ1n) is 10.7. The second-order valence-electron chi connectivity index (χ2n) is 8.09. The average Bonchev–Trinajstić information content (AvgIpc) is 3.38. The van der Waals surface area contributed by atoms with Gasteiger partial charge < -0.3 is 14.8 Å². The maximum absolute atomic E-state index is 13.4. The third kappa shape index (κ3) is 3.35. The second kappa shape index (κ2) is 8.39. The number of amides is 1. The van der Waals surface area contributed by atoms with Crippen LogP contribution >= 0.6 is 11.6 Å². The zero-order valence-corrected chi connectivity index (χ0v) is 19.3. The van der Waals surface area contributed by atoms with Crippen LogP contribution in [0.15, 0.2) is 78.5 Å². The van der Waals surface area contributed by atoms with Crippen LogP contribution in [0.25, 0.3) is 16.7 Å². The van der Waals surface area contributed by atoms with E-state index in [0.717, 1.165) is 16.5 Å². The minimum atomic E-state index is -0.862. The number of ether oxygens (including phenoxy) is 1. The van der Waals surface area contributed by atoms with Crippen LogP contribution in [0.3, 0.4) is 0 Å². The van der Waals surface area contributed by atoms with Gasteiger partial charge in [0, 0.05) is 33.9 Å². The Balaban J connectivity index is 1.82. The van der Waals surface area contributed by atoms with Gasteiger partial charge in [-0.2, -0.15) is 0 Å². The van der Waals surface area contributed by atoms with Crippen molar-refractivity contribution in [2.24, 2.45) is 0 Å². The molecule has 6 nitrogen and oxygen atoms in total. The average molecular weight is 473 g/mol. The Hall–Kier alpha value is -4.03. The fraction of sp³-hybridized carbons (Fsp3) is 0.111. The second-order valence-corrected chi connectivity index (χ2v) is 8.50. The van der Waals surface area contributed by atoms with Gasteiger partial charge in [-0.3, -0.25) is 14.5 Å². The summed E-state index contributed by atoms with van der Waals surface area (Å²) >= 11 is 6.39. The molecule has 1 fully saturated rings. The largest absolute Gasteiger partial charge is 0.507 e. The topological polar surface area (TPSA) is 82.6 Å². The quantitative estimate of drug-likeness (QED) is 0.224. The number of H-pyrrole nitrogens is 1. The molecule has 1 unspecified atom stereocenters. The number of aryl methyl sites for hydroxylation is 1. The molecular weight excluding hydrogens is 452 g/mol. The molecule has 2 N–H and O–H groups in total. The number of hydrogen-bond acceptors (Lipinski definition) is 4. The van der Waals surface area contributed by atoms with Crippen molar-refractivity contribution in [2.45, 2.75) is 13.0 Å². The highest BCUT2D eigenvalue weighted by Crippen LogP contribution is 2.45. The monoisotopic (exact) mass is 472 g/mol. The van der Waals surface area contributed by atoms with Crippen LogP contribution in [0.1, 0.15) is 22.7 Å². The van der Waals surface area contributed by atoms with Crippen molar-refractivity contribution in [1.82, 2.24) is 4.98 Å². The van der Waals surface area contributed by atoms with E-state index in [9.17, 15) is 14.7 Å². The van der Waals surface area contributed by atoms with Crippen LogP contribution < -0.4 is 9.64 Å². The van der Waals surface area contributed by atoms with E-state index in [1.54, 1.807) is 30.5 Å². The van der Waals surface area contributed by atoms with E-state index in [-0.39, 0.29) is 21.9 Å². The number of methoxy groups -OCH3 is 1. The number of anilines is 1. The first-order valence-corrected chi connectivity index (χ1v) is 11.1. The molecule has 1 saturated heterocycles. The number of fused-ring (bicyclic) bond motifs is 1. The number of nitrogens with zero attached hydrogens (tertiary/aromatic N) is 1. The number of Topliss-reactive ketones (excluding diaryl/α,β-unsaturated/α-hetero) is 1. The first-order chi connectivity index (χ1) is 16.4. The Kier molecular flexibility index (Phi) is 5.38. The van der Waals surface area contributed by atoms with E-state index in [0.29, 0.717) is 17.0 Å². The van der Waals surface area contributed by atoms with Crippen molar-refractivity contribution in [3.8, 4) is 5.75 Å². The van der Waals surface area contributed by atoms with Gasteiger partial charge in [0.1, 0.15) is 11.5 Å². The van der Waals surface area contributed by atoms with Crippen LogP contribution in [-0.4, -0.2) is 28.9 Å². The summed E-state index contributed by atoms with van der Waals surface area (Å²) in [6, 6.07) is 18.9. The maximum atomic E-state index is 13.4. The zero-order chi connectivity index (χ0) is 24.0. The fourth-order valence-electron chi connectivity index (χ4n) is 4.49. The number of aromatic amines is 1. The summed E-state index contributed by atoms with van der Waals surface area (Å²) in [5.41, 5.74) is 3.15. The molecule has 0 aliphatic carbocycles. The molecule has 1 atom stereocenters. The molecule has 5 rings (SSSR count). The SMILES string of the molecule is COc1ccc(Cl)c(/C(O)=C2\C(=O)C(=O)N(c3ccccc3C)C2c2c[nH]c3ccccc23)c1. The van der Waals surface area contributed by atoms with Crippen molar-refractivity contribution in [1.29, 1.82) is 0 Å². The molecule has 3 aromatic carbocycles. The number of aliphatic hydroxyl groups excluding tert-OH is 1. The van der Waals surface area contributed by atoms with Gasteiger partial charge in [-0.15, -0.1) is 0 Å². The number of carbonyl (C=O) groups is 2. The summed E-state index contributed by atoms with van der Waals surface area (Å²) < 4.78 is 5.27. The van der Waals surface area contributed by atoms with Gasteiger partial charge in [0.25, 0.3) is 11.7 Å². The number of para-hydroxylation sites is 2. The summed E-state index contributed by atoms with van der Waals surface area (Å²) in [4.78, 5) is 31.5. The number of rotatable bonds is 4. The summed E-state index contributed by atoms with van der Waals surface area (Å²) in [6.07, 6.45) is 1.77. The number of carbonyl (C=O) groups excluding carboxylic acids is 2. The number of nitrogens with one attached hydrogen (secondary N) is 1. The van der Waals surface area contributed by atoms with Gasteiger partial charge in [-0.05, 0) is 42.8 Å². The molecule has 1 aliphatic rings. The molecule has 1 amide bonds. The molecular formula is C27H21ClN2O4. The van der Waals surface area contributed by atoms with Crippen LogP contribution in [-0.2, 0) is 9.59 Å². The molecule has 4 aromatic rings. The van der Waals surface area contributed by atoms with Crippen LogP contribution in [0.2, 0.25) is 5.02 Å². The lowest BCUT2D eigenvalue weighted by molar-refractivity contribution is -0.132. The smallest absolute Gasteiger partial charge is 0.300 e. The standard InChI is InChI=1S/C27H21ClN2O4/c1-15-7-3-6-10-22(15)30-24(19-14-29-21-9-5-4-8-17(19)21)23(26(32)27(30)33)25(31)18-13-16(34-2)11-12-20(18)28/h3-14,24,29,31H,1-2H3/b25-23+. The van der Waals surface area contributed by atoms with Crippen molar-refractivity contribution in [3.05, 3.63) is 100 Å². The molecule has 1 aromatic heterocycles. The summed E-state index contributed by atoms with van der Waals surface area (Å²) in [5.74, 6) is -1.39. The van der Waals surface area contributed by atoms with Crippen molar-refractivity contribution >= 4 is 45.6 Å². The fourth-order valence-corrected chi connectivity index (χ4v) is 4.69. The molecule has 2 heterocycles. The summed E-state index contributed by atoms with van der Waals surface area (Å²) in [6.45, 7) is 1.87. The number of ketones is 1. The molecule has 0 spiro atoms. The Morgan fingerprint density at radius 2 is 1.79 bits per heavy atom. The van der Waals surface area contributed by atoms with E-state index in [1.165, 1.54) is 12.0 Å². The number of halogens is 1. The van der Waals surface area contributed by atoms with Crippen molar-refractivity contribution < 1.29 is 19.4 Å². The van der Waals surface area contributed by atoms with Gasteiger partial charge in [0.2, 0.25) is 0 Å². The summed E-state index contributed by atoms with van der Waals surface area (Å²) in [7, 11) is 1.50. The lowest BCUT2D eigenvalue weighted by Gasteiger charge is -2.26. The van der Waals surface area contributed by atoms with Gasteiger partial charge in [0.05, 0.1) is 23.7 Å². The van der Waals surface area contributed by atoms with Crippen molar-refractivity contribution in [3.63, 3.8) is 0 Å². The molecule has 34 heavy (non-hydrogen) atoms. The highest BCUT2D eigenvalue weighted by atomic mass is 35.5. The first kappa shape index (κ1) is 21.8. The predicted octanol–water partition coefficient (Wildman–Crippen LogP) is 5.76. The van der Waals surface area contributed by atoms with E-state index < -0.39 is 17.7 Å². The molecule has 0 saturated carbocycles. The molecule has 0 radical (unpaired) electrons. The van der Waals surface area contributed by atoms with Crippen molar-refractivity contribution in [2.75, 3.05) is 12.0 Å². The Morgan fingerprint density at radius 3 is 2.56 bits per heavy atom. The zero-order valence-electron chi connectivity index (χ0n) is 18.5. The van der Waals surface area contributed by atoms with E-state index >= 15 is 0 Å². The van der Waals surface area contributed by atoms with Gasteiger partial charge in [0.15, 0.2) is 0 Å². The molecule has 170 valence electrons. The minimum Gasteiger partial charge on any atom is -0.507 e. The lowest BCUT2D eigenvalue weighted by atomic mass is 9.94. The van der Waals surface area contributed by atoms with E-state index in [4.69, 9.17) is 16.3 Å². The maximum Gasteiger partial charge on any atom is 0.300 e. The normalized spacial score (nSPS) is 17.5. The molecule has 1 aliphatic heterocycles. The number of benzene rings is 3. The van der Waals surface area contributed by atoms with E-state index in [1.807, 2.05) is 49.4 Å². The van der Waals surface area contributed by atoms with Crippen LogP contribution in [0.4, 0.5) is 5.69 Å². The predicted molar refractivity (Wildman–Crippen MR) is 132 cm³/mol. The number of aromatic nitrogens is 1. The molecule has 0 bridgehead atoms. The van der Waals surface area contributed by atoms with Crippen LogP contribution in [0.5, 0.6) is 5.75 Å². The number of hydrogen-bond donors (Lipinski definition) is 2. The van der Waals surface area contributed by atoms with Gasteiger partial charge in [-0.1, -0.05) is 48.0 Å². The third-order valence-electron chi connectivity index (χ3n) is 6.16. The minimum absolute atomic E-state index is 0.0341. The highest BCUT2D eigenvalue weighted by Gasteiger charge is 2.48. The van der Waals surface area contributed by atoms with E-state index in [2.05, 4.69) is 4.98 Å². The lowest BCUT2D eigenvalue weighted by Crippen LogP contribution is -2.30.